The van der Waals surface area contributed by atoms with Crippen molar-refractivity contribution in [1.82, 2.24) is 14.8 Å². The summed E-state index contributed by atoms with van der Waals surface area (Å²) < 4.78 is 1.84. The van der Waals surface area contributed by atoms with Crippen LogP contribution in [0.4, 0.5) is 5.69 Å². The van der Waals surface area contributed by atoms with Crippen molar-refractivity contribution < 1.29 is 0 Å². The molecule has 0 unspecified atom stereocenters. The summed E-state index contributed by atoms with van der Waals surface area (Å²) in [7, 11) is 1.92. The lowest BCUT2D eigenvalue weighted by atomic mass is 10.1. The van der Waals surface area contributed by atoms with Crippen LogP contribution in [0.15, 0.2) is 24.3 Å². The van der Waals surface area contributed by atoms with E-state index in [-0.39, 0.29) is 0 Å². The van der Waals surface area contributed by atoms with Crippen molar-refractivity contribution >= 4 is 5.69 Å². The molecule has 1 aromatic heterocycles. The Morgan fingerprint density at radius 2 is 2.19 bits per heavy atom. The maximum Gasteiger partial charge on any atom is 0.150 e. The maximum atomic E-state index is 5.74. The molecule has 2 aromatic rings. The Bertz CT molecular complexity index is 488. The second-order valence-electron chi connectivity index (χ2n) is 3.84. The van der Waals surface area contributed by atoms with Gasteiger partial charge in [0.15, 0.2) is 5.82 Å². The lowest BCUT2D eigenvalue weighted by Gasteiger charge is -2.01. The van der Waals surface area contributed by atoms with Gasteiger partial charge in [0.1, 0.15) is 5.82 Å². The van der Waals surface area contributed by atoms with E-state index >= 15 is 0 Å². The van der Waals surface area contributed by atoms with Gasteiger partial charge in [0.2, 0.25) is 0 Å². The Hall–Kier alpha value is -1.84. The molecule has 0 radical (unpaired) electrons. The highest BCUT2D eigenvalue weighted by Gasteiger charge is 2.06. The van der Waals surface area contributed by atoms with E-state index < -0.39 is 0 Å². The van der Waals surface area contributed by atoms with Gasteiger partial charge in [-0.15, -0.1) is 0 Å². The topological polar surface area (TPSA) is 56.7 Å². The molecule has 0 saturated heterocycles. The SMILES string of the molecule is CCc1nc(Cc2cccc(N)c2)n(C)n1. The minimum absolute atomic E-state index is 0.772. The van der Waals surface area contributed by atoms with Crippen LogP contribution in [0.25, 0.3) is 0 Å². The first-order valence-electron chi connectivity index (χ1n) is 5.42. The molecule has 0 saturated carbocycles. The van der Waals surface area contributed by atoms with Gasteiger partial charge in [0, 0.05) is 25.6 Å². The summed E-state index contributed by atoms with van der Waals surface area (Å²) >= 11 is 0. The van der Waals surface area contributed by atoms with Gasteiger partial charge in [-0.25, -0.2) is 4.98 Å². The number of aryl methyl sites for hydroxylation is 2. The van der Waals surface area contributed by atoms with Crippen molar-refractivity contribution in [3.05, 3.63) is 41.5 Å². The van der Waals surface area contributed by atoms with Gasteiger partial charge in [0.05, 0.1) is 0 Å². The predicted molar refractivity (Wildman–Crippen MR) is 64.0 cm³/mol. The molecule has 0 fully saturated rings. The molecule has 16 heavy (non-hydrogen) atoms. The largest absolute Gasteiger partial charge is 0.399 e. The Balaban J connectivity index is 2.23. The highest BCUT2D eigenvalue weighted by Crippen LogP contribution is 2.11. The molecule has 2 rings (SSSR count). The van der Waals surface area contributed by atoms with Crippen LogP contribution in [-0.2, 0) is 19.9 Å². The number of nitrogen functional groups attached to an aromatic ring is 1. The fourth-order valence-corrected chi connectivity index (χ4v) is 1.66. The highest BCUT2D eigenvalue weighted by molar-refractivity contribution is 5.41. The first-order valence-corrected chi connectivity index (χ1v) is 5.42. The molecule has 0 spiro atoms. The van der Waals surface area contributed by atoms with E-state index in [1.54, 1.807) is 0 Å². The quantitative estimate of drug-likeness (QED) is 0.792. The Kier molecular flexibility index (Phi) is 2.90. The standard InChI is InChI=1S/C12H16N4/c1-3-11-14-12(16(2)15-11)8-9-5-4-6-10(13)7-9/h4-7H,3,8,13H2,1-2H3. The average molecular weight is 216 g/mol. The molecule has 0 aliphatic carbocycles. The smallest absolute Gasteiger partial charge is 0.150 e. The number of nitrogens with zero attached hydrogens (tertiary/aromatic N) is 3. The minimum atomic E-state index is 0.772. The normalized spacial score (nSPS) is 10.6. The molecule has 0 bridgehead atoms. The van der Waals surface area contributed by atoms with Gasteiger partial charge in [-0.2, -0.15) is 5.10 Å². The minimum Gasteiger partial charge on any atom is -0.399 e. The third-order valence-electron chi connectivity index (χ3n) is 2.53. The van der Waals surface area contributed by atoms with Crippen LogP contribution in [0.1, 0.15) is 24.1 Å². The van der Waals surface area contributed by atoms with Crippen molar-refractivity contribution in [3.63, 3.8) is 0 Å². The zero-order chi connectivity index (χ0) is 11.5. The second kappa shape index (κ2) is 4.35. The van der Waals surface area contributed by atoms with Crippen LogP contribution in [-0.4, -0.2) is 14.8 Å². The van der Waals surface area contributed by atoms with Crippen LogP contribution in [0.5, 0.6) is 0 Å². The molecular weight excluding hydrogens is 200 g/mol. The summed E-state index contributed by atoms with van der Waals surface area (Å²) in [6.45, 7) is 2.06. The number of aromatic nitrogens is 3. The molecule has 1 heterocycles. The van der Waals surface area contributed by atoms with Crippen LogP contribution < -0.4 is 5.73 Å². The summed E-state index contributed by atoms with van der Waals surface area (Å²) in [4.78, 5) is 4.46. The molecule has 0 aliphatic rings. The van der Waals surface area contributed by atoms with Gasteiger partial charge in [-0.3, -0.25) is 4.68 Å². The van der Waals surface area contributed by atoms with E-state index in [0.29, 0.717) is 0 Å². The van der Waals surface area contributed by atoms with Crippen molar-refractivity contribution in [2.24, 2.45) is 7.05 Å². The van der Waals surface area contributed by atoms with Crippen LogP contribution in [0, 0.1) is 0 Å². The molecule has 4 heteroatoms. The van der Waals surface area contributed by atoms with Gasteiger partial charge in [0.25, 0.3) is 0 Å². The molecule has 0 atom stereocenters. The summed E-state index contributed by atoms with van der Waals surface area (Å²) in [6, 6.07) is 7.87. The van der Waals surface area contributed by atoms with E-state index in [1.165, 1.54) is 0 Å². The number of anilines is 1. The van der Waals surface area contributed by atoms with Gasteiger partial charge in [-0.05, 0) is 17.7 Å². The summed E-state index contributed by atoms with van der Waals surface area (Å²) in [5.74, 6) is 1.86. The number of rotatable bonds is 3. The fourth-order valence-electron chi connectivity index (χ4n) is 1.66. The zero-order valence-electron chi connectivity index (χ0n) is 9.64. The highest BCUT2D eigenvalue weighted by atomic mass is 15.3. The lowest BCUT2D eigenvalue weighted by Crippen LogP contribution is -2.00. The third-order valence-corrected chi connectivity index (χ3v) is 2.53. The van der Waals surface area contributed by atoms with E-state index in [2.05, 4.69) is 23.1 Å². The maximum absolute atomic E-state index is 5.74. The summed E-state index contributed by atoms with van der Waals surface area (Å²) in [5, 5.41) is 4.32. The molecule has 0 amide bonds. The first-order chi connectivity index (χ1) is 7.69. The van der Waals surface area contributed by atoms with E-state index in [9.17, 15) is 0 Å². The van der Waals surface area contributed by atoms with E-state index in [4.69, 9.17) is 5.73 Å². The van der Waals surface area contributed by atoms with E-state index in [1.807, 2.05) is 29.9 Å². The summed E-state index contributed by atoms with van der Waals surface area (Å²) in [5.41, 5.74) is 7.69. The molecular formula is C12H16N4. The molecule has 0 aliphatic heterocycles. The number of hydrogen-bond acceptors (Lipinski definition) is 3. The lowest BCUT2D eigenvalue weighted by molar-refractivity contribution is 0.707. The number of hydrogen-bond donors (Lipinski definition) is 1. The third kappa shape index (κ3) is 2.21. The van der Waals surface area contributed by atoms with Gasteiger partial charge >= 0.3 is 0 Å². The molecule has 2 N–H and O–H groups in total. The van der Waals surface area contributed by atoms with Crippen LogP contribution >= 0.6 is 0 Å². The number of nitrogens with two attached hydrogens (primary N) is 1. The van der Waals surface area contributed by atoms with Crippen molar-refractivity contribution in [1.29, 1.82) is 0 Å². The van der Waals surface area contributed by atoms with Crippen molar-refractivity contribution in [2.75, 3.05) is 5.73 Å². The Morgan fingerprint density at radius 3 is 2.81 bits per heavy atom. The predicted octanol–water partition coefficient (Wildman–Crippen LogP) is 1.55. The monoisotopic (exact) mass is 216 g/mol. The Labute approximate surface area is 95.1 Å². The fraction of sp³-hybridized carbons (Fsp3) is 0.333. The average Bonchev–Trinajstić information content (AvgIpc) is 2.60. The second-order valence-corrected chi connectivity index (χ2v) is 3.84. The van der Waals surface area contributed by atoms with Crippen molar-refractivity contribution in [3.8, 4) is 0 Å². The molecule has 84 valence electrons. The summed E-state index contributed by atoms with van der Waals surface area (Å²) in [6.07, 6.45) is 1.64. The van der Waals surface area contributed by atoms with E-state index in [0.717, 1.165) is 35.7 Å². The molecule has 1 aromatic carbocycles. The first kappa shape index (κ1) is 10.7. The Morgan fingerprint density at radius 1 is 1.38 bits per heavy atom. The van der Waals surface area contributed by atoms with Gasteiger partial charge in [-0.1, -0.05) is 19.1 Å². The van der Waals surface area contributed by atoms with Gasteiger partial charge < -0.3 is 5.73 Å². The molecule has 4 nitrogen and oxygen atoms in total. The van der Waals surface area contributed by atoms with Crippen LogP contribution in [0.3, 0.4) is 0 Å². The zero-order valence-corrected chi connectivity index (χ0v) is 9.64. The van der Waals surface area contributed by atoms with Crippen molar-refractivity contribution in [2.45, 2.75) is 19.8 Å². The number of benzene rings is 1. The van der Waals surface area contributed by atoms with Crippen LogP contribution in [0.2, 0.25) is 0 Å².